The van der Waals surface area contributed by atoms with Gasteiger partial charge < -0.3 is 9.84 Å². The Labute approximate surface area is 127 Å². The average molecular weight is 290 g/mol. The van der Waals surface area contributed by atoms with Crippen molar-refractivity contribution in [3.05, 3.63) is 29.8 Å². The summed E-state index contributed by atoms with van der Waals surface area (Å²) in [5, 5.41) is 10.5. The first-order valence-corrected chi connectivity index (χ1v) is 7.97. The summed E-state index contributed by atoms with van der Waals surface area (Å²) in [5.74, 6) is 0.806. The molecule has 0 aromatic heterocycles. The minimum absolute atomic E-state index is 0.449. The van der Waals surface area contributed by atoms with Gasteiger partial charge in [0, 0.05) is 31.7 Å². The molecule has 3 rings (SSSR count). The average Bonchev–Trinajstić information content (AvgIpc) is 2.94. The lowest BCUT2D eigenvalue weighted by molar-refractivity contribution is 0.0225. The molecule has 2 saturated heterocycles. The summed E-state index contributed by atoms with van der Waals surface area (Å²) in [6.45, 7) is 6.45. The molecule has 0 amide bonds. The minimum Gasteiger partial charge on any atom is -0.497 e. The number of β-amino-alcohol motifs (C(OH)–C–C–N with tert-alkyl or cyclic N) is 1. The summed E-state index contributed by atoms with van der Waals surface area (Å²) in [7, 11) is 1.66. The standard InChI is InChI=1S/C17H26N2O2/c1-13-10-18-8-4-6-15(18)11-19(13)12-17(20)14-5-3-7-16(9-14)21-2/h3,5,7,9,13,15,17,20H,4,6,8,10-12H2,1-2H3. The molecule has 3 atom stereocenters. The Morgan fingerprint density at radius 2 is 2.24 bits per heavy atom. The van der Waals surface area contributed by atoms with E-state index in [9.17, 15) is 5.11 Å². The first kappa shape index (κ1) is 14.8. The number of nitrogens with zero attached hydrogens (tertiary/aromatic N) is 2. The maximum Gasteiger partial charge on any atom is 0.119 e. The highest BCUT2D eigenvalue weighted by atomic mass is 16.5. The van der Waals surface area contributed by atoms with Gasteiger partial charge in [0.05, 0.1) is 13.2 Å². The molecule has 2 fully saturated rings. The van der Waals surface area contributed by atoms with Crippen molar-refractivity contribution in [2.45, 2.75) is 38.0 Å². The van der Waals surface area contributed by atoms with Crippen molar-refractivity contribution in [3.8, 4) is 5.75 Å². The topological polar surface area (TPSA) is 35.9 Å². The Hall–Kier alpha value is -1.10. The minimum atomic E-state index is -0.449. The van der Waals surface area contributed by atoms with E-state index in [0.29, 0.717) is 18.6 Å². The molecular weight excluding hydrogens is 264 g/mol. The third-order valence-electron chi connectivity index (χ3n) is 4.95. The van der Waals surface area contributed by atoms with E-state index in [1.807, 2.05) is 24.3 Å². The van der Waals surface area contributed by atoms with E-state index >= 15 is 0 Å². The predicted octanol–water partition coefficient (Wildman–Crippen LogP) is 1.90. The zero-order valence-electron chi connectivity index (χ0n) is 13.0. The lowest BCUT2D eigenvalue weighted by Gasteiger charge is -2.43. The van der Waals surface area contributed by atoms with Gasteiger partial charge in [-0.1, -0.05) is 12.1 Å². The first-order chi connectivity index (χ1) is 10.2. The first-order valence-electron chi connectivity index (χ1n) is 7.97. The van der Waals surface area contributed by atoms with E-state index in [4.69, 9.17) is 4.74 Å². The second-order valence-corrected chi connectivity index (χ2v) is 6.39. The number of methoxy groups -OCH3 is 1. The molecule has 0 bridgehead atoms. The highest BCUT2D eigenvalue weighted by molar-refractivity contribution is 5.30. The van der Waals surface area contributed by atoms with Gasteiger partial charge in [0.1, 0.15) is 5.75 Å². The van der Waals surface area contributed by atoms with Crippen LogP contribution in [0.25, 0.3) is 0 Å². The summed E-state index contributed by atoms with van der Waals surface area (Å²) in [6, 6.07) is 8.97. The summed E-state index contributed by atoms with van der Waals surface area (Å²) >= 11 is 0. The second kappa shape index (κ2) is 6.34. The van der Waals surface area contributed by atoms with Crippen LogP contribution < -0.4 is 4.74 Å². The molecule has 2 aliphatic heterocycles. The maximum atomic E-state index is 10.5. The monoisotopic (exact) mass is 290 g/mol. The van der Waals surface area contributed by atoms with Crippen molar-refractivity contribution in [2.75, 3.05) is 33.3 Å². The highest BCUT2D eigenvalue weighted by Gasteiger charge is 2.34. The number of piperazine rings is 1. The SMILES string of the molecule is COc1cccc(C(O)CN2CC3CCCN3CC2C)c1. The Morgan fingerprint density at radius 3 is 3.05 bits per heavy atom. The fraction of sp³-hybridized carbons (Fsp3) is 0.647. The van der Waals surface area contributed by atoms with Gasteiger partial charge in [0.25, 0.3) is 0 Å². The number of rotatable bonds is 4. The van der Waals surface area contributed by atoms with Crippen LogP contribution in [0.1, 0.15) is 31.4 Å². The van der Waals surface area contributed by atoms with Gasteiger partial charge >= 0.3 is 0 Å². The number of benzene rings is 1. The van der Waals surface area contributed by atoms with Crippen LogP contribution in [-0.2, 0) is 0 Å². The molecule has 0 radical (unpaired) electrons. The molecule has 1 aromatic rings. The largest absolute Gasteiger partial charge is 0.497 e. The molecule has 0 spiro atoms. The zero-order valence-corrected chi connectivity index (χ0v) is 13.0. The fourth-order valence-electron chi connectivity index (χ4n) is 3.68. The quantitative estimate of drug-likeness (QED) is 0.919. The van der Waals surface area contributed by atoms with Crippen molar-refractivity contribution in [1.29, 1.82) is 0 Å². The Balaban J connectivity index is 1.64. The summed E-state index contributed by atoms with van der Waals surface area (Å²) in [4.78, 5) is 5.05. The van der Waals surface area contributed by atoms with Crippen molar-refractivity contribution < 1.29 is 9.84 Å². The third-order valence-corrected chi connectivity index (χ3v) is 4.95. The number of aliphatic hydroxyl groups is 1. The van der Waals surface area contributed by atoms with E-state index in [1.165, 1.54) is 19.4 Å². The van der Waals surface area contributed by atoms with Gasteiger partial charge in [-0.3, -0.25) is 9.80 Å². The smallest absolute Gasteiger partial charge is 0.119 e. The molecule has 21 heavy (non-hydrogen) atoms. The predicted molar refractivity (Wildman–Crippen MR) is 83.6 cm³/mol. The van der Waals surface area contributed by atoms with Gasteiger partial charge in [-0.2, -0.15) is 0 Å². The second-order valence-electron chi connectivity index (χ2n) is 6.39. The summed E-state index contributed by atoms with van der Waals surface area (Å²) in [5.41, 5.74) is 0.940. The molecular formula is C17H26N2O2. The Morgan fingerprint density at radius 1 is 1.38 bits per heavy atom. The molecule has 2 aliphatic rings. The van der Waals surface area contributed by atoms with Crippen LogP contribution in [0.15, 0.2) is 24.3 Å². The van der Waals surface area contributed by atoms with Crippen LogP contribution in [0.5, 0.6) is 5.75 Å². The van der Waals surface area contributed by atoms with Crippen molar-refractivity contribution in [3.63, 3.8) is 0 Å². The molecule has 116 valence electrons. The van der Waals surface area contributed by atoms with Crippen LogP contribution in [0.3, 0.4) is 0 Å². The van der Waals surface area contributed by atoms with E-state index in [1.54, 1.807) is 7.11 Å². The molecule has 0 aliphatic carbocycles. The summed E-state index contributed by atoms with van der Waals surface area (Å²) < 4.78 is 5.24. The van der Waals surface area contributed by atoms with Gasteiger partial charge in [-0.15, -0.1) is 0 Å². The lowest BCUT2D eigenvalue weighted by Crippen LogP contribution is -2.55. The Kier molecular flexibility index (Phi) is 4.48. The van der Waals surface area contributed by atoms with Gasteiger partial charge in [-0.05, 0) is 44.0 Å². The van der Waals surface area contributed by atoms with Crippen LogP contribution >= 0.6 is 0 Å². The fourth-order valence-corrected chi connectivity index (χ4v) is 3.68. The summed E-state index contributed by atoms with van der Waals surface area (Å²) in [6.07, 6.45) is 2.18. The van der Waals surface area contributed by atoms with Crippen molar-refractivity contribution >= 4 is 0 Å². The zero-order chi connectivity index (χ0) is 14.8. The van der Waals surface area contributed by atoms with Crippen LogP contribution in [0, 0.1) is 0 Å². The number of fused-ring (bicyclic) bond motifs is 1. The van der Waals surface area contributed by atoms with E-state index in [-0.39, 0.29) is 0 Å². The maximum absolute atomic E-state index is 10.5. The van der Waals surface area contributed by atoms with Crippen LogP contribution in [0.2, 0.25) is 0 Å². The van der Waals surface area contributed by atoms with E-state index in [0.717, 1.165) is 24.4 Å². The van der Waals surface area contributed by atoms with E-state index < -0.39 is 6.10 Å². The van der Waals surface area contributed by atoms with Crippen LogP contribution in [0.4, 0.5) is 0 Å². The van der Waals surface area contributed by atoms with Crippen LogP contribution in [-0.4, -0.2) is 60.3 Å². The number of aliphatic hydroxyl groups excluding tert-OH is 1. The molecule has 1 N–H and O–H groups in total. The van der Waals surface area contributed by atoms with Crippen molar-refractivity contribution in [1.82, 2.24) is 9.80 Å². The molecule has 4 heteroatoms. The lowest BCUT2D eigenvalue weighted by atomic mass is 10.0. The third kappa shape index (κ3) is 3.23. The van der Waals surface area contributed by atoms with Gasteiger partial charge in [0.15, 0.2) is 0 Å². The van der Waals surface area contributed by atoms with Gasteiger partial charge in [0.2, 0.25) is 0 Å². The number of hydrogen-bond donors (Lipinski definition) is 1. The number of ether oxygens (including phenoxy) is 1. The molecule has 4 nitrogen and oxygen atoms in total. The molecule has 1 aromatic carbocycles. The highest BCUT2D eigenvalue weighted by Crippen LogP contribution is 2.27. The van der Waals surface area contributed by atoms with Crippen molar-refractivity contribution in [2.24, 2.45) is 0 Å². The Bertz CT molecular complexity index is 480. The van der Waals surface area contributed by atoms with E-state index in [2.05, 4.69) is 16.7 Å². The molecule has 0 saturated carbocycles. The molecule has 3 unspecified atom stereocenters. The number of hydrogen-bond acceptors (Lipinski definition) is 4. The van der Waals surface area contributed by atoms with Gasteiger partial charge in [-0.25, -0.2) is 0 Å². The normalized spacial score (nSPS) is 28.3. The molecule has 2 heterocycles.